The lowest BCUT2D eigenvalue weighted by molar-refractivity contribution is -0.138. The number of allylic oxidation sites excluding steroid dienone is 3. The minimum absolute atomic E-state index is 0.0866. The van der Waals surface area contributed by atoms with Crippen molar-refractivity contribution in [2.75, 3.05) is 6.61 Å². The van der Waals surface area contributed by atoms with Gasteiger partial charge in [0, 0.05) is 29.3 Å². The predicted octanol–water partition coefficient (Wildman–Crippen LogP) is 4.98. The molecule has 1 aromatic rings. The molecule has 0 radical (unpaired) electrons. The molecule has 0 bridgehead atoms. The highest BCUT2D eigenvalue weighted by atomic mass is 16.5. The van der Waals surface area contributed by atoms with Crippen molar-refractivity contribution < 1.29 is 14.3 Å². The van der Waals surface area contributed by atoms with Crippen molar-refractivity contribution in [3.63, 3.8) is 0 Å². The first-order valence-electron chi connectivity index (χ1n) is 10.2. The molecule has 4 nitrogen and oxygen atoms in total. The minimum atomic E-state index is -0.375. The van der Waals surface area contributed by atoms with Gasteiger partial charge in [0.15, 0.2) is 5.78 Å². The summed E-state index contributed by atoms with van der Waals surface area (Å²) in [4.78, 5) is 26.0. The Morgan fingerprint density at radius 2 is 1.86 bits per heavy atom. The topological polar surface area (TPSA) is 55.4 Å². The maximum Gasteiger partial charge on any atom is 0.336 e. The van der Waals surface area contributed by atoms with E-state index in [1.54, 1.807) is 6.92 Å². The molecule has 0 saturated carbocycles. The van der Waals surface area contributed by atoms with Gasteiger partial charge in [-0.25, -0.2) is 4.79 Å². The summed E-state index contributed by atoms with van der Waals surface area (Å²) in [5, 5.41) is 3.36. The average molecular weight is 382 g/mol. The fourth-order valence-corrected chi connectivity index (χ4v) is 4.32. The Kier molecular flexibility index (Phi) is 5.51. The van der Waals surface area contributed by atoms with Crippen LogP contribution in [0.4, 0.5) is 0 Å². The maximum absolute atomic E-state index is 13.2. The maximum atomic E-state index is 13.2. The fraction of sp³-hybridized carbons (Fsp3) is 0.500. The largest absolute Gasteiger partial charge is 0.463 e. The molecule has 0 saturated heterocycles. The van der Waals surface area contributed by atoms with Crippen LogP contribution in [-0.2, 0) is 14.3 Å². The van der Waals surface area contributed by atoms with Gasteiger partial charge < -0.3 is 10.1 Å². The highest BCUT2D eigenvalue weighted by Crippen LogP contribution is 2.46. The molecule has 1 heterocycles. The third-order valence-corrected chi connectivity index (χ3v) is 5.67. The summed E-state index contributed by atoms with van der Waals surface area (Å²) < 4.78 is 5.35. The molecule has 0 spiro atoms. The number of benzene rings is 1. The normalized spacial score (nSPS) is 21.5. The van der Waals surface area contributed by atoms with E-state index in [0.29, 0.717) is 24.5 Å². The van der Waals surface area contributed by atoms with Gasteiger partial charge >= 0.3 is 5.97 Å². The lowest BCUT2D eigenvalue weighted by Gasteiger charge is -2.39. The number of rotatable bonds is 4. The SMILES string of the molecule is CCOC(=O)C1=C(C)NC2=C(C(=O)CC(C)(C)C2)C1c1ccc(C(C)C)cc1. The fourth-order valence-electron chi connectivity index (χ4n) is 4.32. The highest BCUT2D eigenvalue weighted by molar-refractivity contribution is 6.04. The number of ether oxygens (including phenoxy) is 1. The molecule has 0 aromatic heterocycles. The summed E-state index contributed by atoms with van der Waals surface area (Å²) in [6.45, 7) is 12.5. The quantitative estimate of drug-likeness (QED) is 0.748. The third-order valence-electron chi connectivity index (χ3n) is 5.67. The number of carbonyl (C=O) groups is 2. The number of carbonyl (C=O) groups excluding carboxylic acids is 2. The molecule has 150 valence electrons. The van der Waals surface area contributed by atoms with Crippen LogP contribution >= 0.6 is 0 Å². The van der Waals surface area contributed by atoms with E-state index in [4.69, 9.17) is 4.74 Å². The zero-order valence-electron chi connectivity index (χ0n) is 17.8. The molecule has 0 fully saturated rings. The van der Waals surface area contributed by atoms with Crippen molar-refractivity contribution in [2.24, 2.45) is 5.41 Å². The molecular formula is C24H31NO3. The van der Waals surface area contributed by atoms with E-state index in [1.807, 2.05) is 6.92 Å². The van der Waals surface area contributed by atoms with Crippen LogP contribution in [-0.4, -0.2) is 18.4 Å². The van der Waals surface area contributed by atoms with Gasteiger partial charge in [-0.2, -0.15) is 0 Å². The van der Waals surface area contributed by atoms with E-state index in [2.05, 4.69) is 57.3 Å². The van der Waals surface area contributed by atoms with Crippen LogP contribution in [0.3, 0.4) is 0 Å². The summed E-state index contributed by atoms with van der Waals surface area (Å²) in [5.74, 6) is -0.184. The van der Waals surface area contributed by atoms with E-state index in [1.165, 1.54) is 5.56 Å². The Bertz CT molecular complexity index is 856. The highest BCUT2D eigenvalue weighted by Gasteiger charge is 2.43. The van der Waals surface area contributed by atoms with Crippen molar-refractivity contribution in [3.8, 4) is 0 Å². The molecule has 0 amide bonds. The van der Waals surface area contributed by atoms with E-state index >= 15 is 0 Å². The number of Topliss-reactive ketones (excluding diaryl/α,β-unsaturated/α-hetero) is 1. The first-order valence-corrected chi connectivity index (χ1v) is 10.2. The van der Waals surface area contributed by atoms with E-state index in [-0.39, 0.29) is 23.1 Å². The average Bonchev–Trinajstić information content (AvgIpc) is 2.59. The van der Waals surface area contributed by atoms with Crippen LogP contribution in [0.5, 0.6) is 0 Å². The van der Waals surface area contributed by atoms with Crippen LogP contribution in [0.2, 0.25) is 0 Å². The Hall–Kier alpha value is -2.36. The number of ketones is 1. The monoisotopic (exact) mass is 381 g/mol. The van der Waals surface area contributed by atoms with Crippen molar-refractivity contribution in [1.82, 2.24) is 5.32 Å². The zero-order valence-corrected chi connectivity index (χ0v) is 17.8. The van der Waals surface area contributed by atoms with Gasteiger partial charge in [0.1, 0.15) is 0 Å². The smallest absolute Gasteiger partial charge is 0.336 e. The van der Waals surface area contributed by atoms with Crippen molar-refractivity contribution in [1.29, 1.82) is 0 Å². The molecule has 1 aliphatic carbocycles. The van der Waals surface area contributed by atoms with Gasteiger partial charge in [-0.1, -0.05) is 52.0 Å². The van der Waals surface area contributed by atoms with Crippen LogP contribution in [0.15, 0.2) is 46.8 Å². The van der Waals surface area contributed by atoms with Crippen molar-refractivity contribution in [2.45, 2.75) is 66.2 Å². The second kappa shape index (κ2) is 7.57. The summed E-state index contributed by atoms with van der Waals surface area (Å²) in [7, 11) is 0. The molecule has 1 aromatic carbocycles. The molecule has 4 heteroatoms. The second-order valence-electron chi connectivity index (χ2n) is 8.97. The standard InChI is InChI=1S/C24H31NO3/c1-7-28-23(27)20-15(4)25-18-12-24(5,6)13-19(26)22(18)21(20)17-10-8-16(9-11-17)14(2)3/h8-11,14,21,25H,7,12-13H2,1-6H3. The number of esters is 1. The summed E-state index contributed by atoms with van der Waals surface area (Å²) in [6.07, 6.45) is 1.28. The lowest BCUT2D eigenvalue weighted by atomic mass is 9.68. The molecular weight excluding hydrogens is 350 g/mol. The first-order chi connectivity index (χ1) is 13.1. The van der Waals surface area contributed by atoms with Crippen LogP contribution in [0.1, 0.15) is 77.3 Å². The Morgan fingerprint density at radius 1 is 1.21 bits per heavy atom. The molecule has 28 heavy (non-hydrogen) atoms. The number of dihydropyridines is 1. The molecule has 1 N–H and O–H groups in total. The van der Waals surface area contributed by atoms with Crippen LogP contribution < -0.4 is 5.32 Å². The van der Waals surface area contributed by atoms with Gasteiger partial charge in [0.05, 0.1) is 12.2 Å². The van der Waals surface area contributed by atoms with Gasteiger partial charge in [0.25, 0.3) is 0 Å². The molecule has 1 atom stereocenters. The molecule has 3 rings (SSSR count). The van der Waals surface area contributed by atoms with Gasteiger partial charge in [-0.15, -0.1) is 0 Å². The van der Waals surface area contributed by atoms with Crippen LogP contribution in [0.25, 0.3) is 0 Å². The lowest BCUT2D eigenvalue weighted by Crippen LogP contribution is -2.38. The Labute approximate surface area is 168 Å². The van der Waals surface area contributed by atoms with Gasteiger partial charge in [0.2, 0.25) is 0 Å². The zero-order chi connectivity index (χ0) is 20.6. The predicted molar refractivity (Wildman–Crippen MR) is 111 cm³/mol. The number of hydrogen-bond acceptors (Lipinski definition) is 4. The van der Waals surface area contributed by atoms with Gasteiger partial charge in [-0.05, 0) is 42.7 Å². The van der Waals surface area contributed by atoms with Crippen LogP contribution in [0, 0.1) is 5.41 Å². The van der Waals surface area contributed by atoms with E-state index in [9.17, 15) is 9.59 Å². The Balaban J connectivity index is 2.14. The van der Waals surface area contributed by atoms with E-state index < -0.39 is 0 Å². The van der Waals surface area contributed by atoms with Gasteiger partial charge in [-0.3, -0.25) is 4.79 Å². The summed E-state index contributed by atoms with van der Waals surface area (Å²) in [5.41, 5.74) is 5.12. The van der Waals surface area contributed by atoms with E-state index in [0.717, 1.165) is 29.0 Å². The van der Waals surface area contributed by atoms with Crippen molar-refractivity contribution in [3.05, 3.63) is 57.9 Å². The second-order valence-corrected chi connectivity index (χ2v) is 8.97. The third kappa shape index (κ3) is 3.78. The molecule has 1 aliphatic heterocycles. The summed E-state index contributed by atoms with van der Waals surface area (Å²) >= 11 is 0. The number of hydrogen-bond donors (Lipinski definition) is 1. The molecule has 1 unspecified atom stereocenters. The Morgan fingerprint density at radius 3 is 2.43 bits per heavy atom. The summed E-state index contributed by atoms with van der Waals surface area (Å²) in [6, 6.07) is 8.29. The molecule has 2 aliphatic rings. The number of nitrogens with one attached hydrogen (secondary N) is 1. The van der Waals surface area contributed by atoms with Crippen molar-refractivity contribution >= 4 is 11.8 Å². The first kappa shape index (κ1) is 20.4. The minimum Gasteiger partial charge on any atom is -0.463 e.